The molecule has 1 N–H and O–H groups in total. The smallest absolute Gasteiger partial charge is 0.348 e. The zero-order chi connectivity index (χ0) is 25.2. The number of aromatic carboxylic acids is 1. The summed E-state index contributed by atoms with van der Waals surface area (Å²) in [6.07, 6.45) is 5.69. The Labute approximate surface area is 207 Å². The summed E-state index contributed by atoms with van der Waals surface area (Å²) < 4.78 is 0. The zero-order valence-electron chi connectivity index (χ0n) is 21.1. The van der Waals surface area contributed by atoms with Crippen molar-refractivity contribution < 1.29 is 19.5 Å². The molecule has 6 nitrogen and oxygen atoms in total. The molecule has 0 radical (unpaired) electrons. The summed E-state index contributed by atoms with van der Waals surface area (Å²) in [4.78, 5) is 43.5. The van der Waals surface area contributed by atoms with Crippen molar-refractivity contribution in [2.45, 2.75) is 72.8 Å². The maximum absolute atomic E-state index is 14.1. The van der Waals surface area contributed by atoms with Gasteiger partial charge in [-0.1, -0.05) is 30.4 Å². The van der Waals surface area contributed by atoms with Crippen molar-refractivity contribution in [3.8, 4) is 11.8 Å². The maximum Gasteiger partial charge on any atom is 0.348 e. The maximum atomic E-state index is 14.1. The molecule has 34 heavy (non-hydrogen) atoms. The van der Waals surface area contributed by atoms with Crippen LogP contribution in [0, 0.1) is 29.1 Å². The Kier molecular flexibility index (Phi) is 7.92. The molecule has 2 aliphatic rings. The van der Waals surface area contributed by atoms with E-state index in [9.17, 15) is 19.5 Å². The number of thiophene rings is 1. The predicted molar refractivity (Wildman–Crippen MR) is 136 cm³/mol. The van der Waals surface area contributed by atoms with Crippen LogP contribution in [0.5, 0.6) is 0 Å². The fourth-order valence-corrected chi connectivity index (χ4v) is 5.54. The van der Waals surface area contributed by atoms with Gasteiger partial charge in [0.05, 0.1) is 10.6 Å². The first-order chi connectivity index (χ1) is 15.9. The number of carbonyl (C=O) groups is 3. The summed E-state index contributed by atoms with van der Waals surface area (Å²) in [7, 11) is 1.75. The first kappa shape index (κ1) is 26.0. The van der Waals surface area contributed by atoms with Gasteiger partial charge in [0.2, 0.25) is 11.8 Å². The number of likely N-dealkylation sites (N-methyl/N-ethyl adjacent to an activating group) is 1. The van der Waals surface area contributed by atoms with Crippen molar-refractivity contribution in [1.29, 1.82) is 0 Å². The van der Waals surface area contributed by atoms with Crippen LogP contribution in [-0.4, -0.2) is 47.4 Å². The van der Waals surface area contributed by atoms with E-state index in [2.05, 4.69) is 31.8 Å². The quantitative estimate of drug-likeness (QED) is 0.472. The lowest BCUT2D eigenvalue weighted by Crippen LogP contribution is -2.52. The third kappa shape index (κ3) is 5.90. The van der Waals surface area contributed by atoms with Crippen molar-refractivity contribution in [1.82, 2.24) is 4.90 Å². The SMILES string of the molecule is CC1=CC[C@H](C(=O)N(c2cc(C#CC(C)(C)C)sc2C(=O)O)[C@H]2CCCCN(C)C2=O)[C@@H](C)C1. The highest BCUT2D eigenvalue weighted by Crippen LogP contribution is 2.38. The van der Waals surface area contributed by atoms with Gasteiger partial charge in [-0.15, -0.1) is 11.3 Å². The van der Waals surface area contributed by atoms with Crippen LogP contribution in [0.4, 0.5) is 5.69 Å². The number of rotatable bonds is 4. The van der Waals surface area contributed by atoms with Crippen LogP contribution < -0.4 is 4.90 Å². The fourth-order valence-electron chi connectivity index (χ4n) is 4.70. The van der Waals surface area contributed by atoms with Crippen molar-refractivity contribution in [3.05, 3.63) is 27.5 Å². The number of amides is 2. The van der Waals surface area contributed by atoms with Gasteiger partial charge in [-0.05, 0) is 71.8 Å². The number of allylic oxidation sites excluding steroid dienone is 2. The molecule has 1 aromatic rings. The third-order valence-corrected chi connectivity index (χ3v) is 7.55. The number of nitrogens with zero attached hydrogens (tertiary/aromatic N) is 2. The molecule has 2 amide bonds. The summed E-state index contributed by atoms with van der Waals surface area (Å²) >= 11 is 1.07. The lowest BCUT2D eigenvalue weighted by Gasteiger charge is -2.37. The molecule has 1 aliphatic carbocycles. The Balaban J connectivity index is 2.14. The summed E-state index contributed by atoms with van der Waals surface area (Å²) in [5.41, 5.74) is 1.31. The number of anilines is 1. The molecule has 184 valence electrons. The molecule has 2 heterocycles. The van der Waals surface area contributed by atoms with Gasteiger partial charge in [-0.3, -0.25) is 14.5 Å². The van der Waals surface area contributed by atoms with E-state index in [4.69, 9.17) is 0 Å². The van der Waals surface area contributed by atoms with Crippen LogP contribution >= 0.6 is 11.3 Å². The highest BCUT2D eigenvalue weighted by molar-refractivity contribution is 7.15. The Morgan fingerprint density at radius 3 is 2.59 bits per heavy atom. The number of hydrogen-bond donors (Lipinski definition) is 1. The normalized spacial score (nSPS) is 23.5. The Bertz CT molecular complexity index is 1050. The number of likely N-dealkylation sites (tertiary alicyclic amines) is 1. The van der Waals surface area contributed by atoms with Gasteiger partial charge in [0.1, 0.15) is 10.9 Å². The van der Waals surface area contributed by atoms with E-state index in [0.29, 0.717) is 30.0 Å². The van der Waals surface area contributed by atoms with Crippen LogP contribution in [0.2, 0.25) is 0 Å². The van der Waals surface area contributed by atoms with Gasteiger partial charge < -0.3 is 10.0 Å². The molecule has 0 bridgehead atoms. The van der Waals surface area contributed by atoms with Crippen molar-refractivity contribution in [3.63, 3.8) is 0 Å². The number of carbonyl (C=O) groups excluding carboxylic acids is 2. The molecule has 1 fully saturated rings. The minimum atomic E-state index is -1.11. The summed E-state index contributed by atoms with van der Waals surface area (Å²) in [5.74, 6) is 4.65. The molecule has 0 aromatic carbocycles. The van der Waals surface area contributed by atoms with Crippen LogP contribution in [0.15, 0.2) is 17.7 Å². The average molecular weight is 485 g/mol. The first-order valence-corrected chi connectivity index (χ1v) is 12.8. The van der Waals surface area contributed by atoms with Gasteiger partial charge >= 0.3 is 5.97 Å². The lowest BCUT2D eigenvalue weighted by molar-refractivity contribution is -0.134. The van der Waals surface area contributed by atoms with Crippen molar-refractivity contribution in [2.24, 2.45) is 17.3 Å². The highest BCUT2D eigenvalue weighted by atomic mass is 32.1. The second-order valence-electron chi connectivity index (χ2n) is 10.7. The minimum absolute atomic E-state index is 0.0569. The van der Waals surface area contributed by atoms with E-state index in [1.54, 1.807) is 18.0 Å². The number of carboxylic acids is 1. The summed E-state index contributed by atoms with van der Waals surface area (Å²) in [6.45, 7) is 10.7. The molecule has 0 spiro atoms. The van der Waals surface area contributed by atoms with Gasteiger partial charge in [0.15, 0.2) is 0 Å². The van der Waals surface area contributed by atoms with Crippen LogP contribution in [0.1, 0.15) is 81.3 Å². The second kappa shape index (κ2) is 10.4. The zero-order valence-corrected chi connectivity index (χ0v) is 21.9. The molecule has 0 unspecified atom stereocenters. The van der Waals surface area contributed by atoms with Gasteiger partial charge in [-0.2, -0.15) is 0 Å². The molecule has 0 saturated carbocycles. The van der Waals surface area contributed by atoms with Gasteiger partial charge in [0.25, 0.3) is 0 Å². The highest BCUT2D eigenvalue weighted by Gasteiger charge is 2.41. The van der Waals surface area contributed by atoms with Crippen LogP contribution in [0.25, 0.3) is 0 Å². The summed E-state index contributed by atoms with van der Waals surface area (Å²) in [5, 5.41) is 10.0. The molecule has 1 aliphatic heterocycles. The first-order valence-electron chi connectivity index (χ1n) is 12.0. The second-order valence-corrected chi connectivity index (χ2v) is 11.7. The van der Waals surface area contributed by atoms with Crippen molar-refractivity contribution >= 4 is 34.8 Å². The Morgan fingerprint density at radius 1 is 1.26 bits per heavy atom. The lowest BCUT2D eigenvalue weighted by atomic mass is 9.80. The molecule has 1 saturated heterocycles. The Hall–Kier alpha value is -2.59. The van der Waals surface area contributed by atoms with Crippen molar-refractivity contribution in [2.75, 3.05) is 18.5 Å². The van der Waals surface area contributed by atoms with E-state index in [1.165, 1.54) is 10.5 Å². The average Bonchev–Trinajstić information content (AvgIpc) is 3.09. The fraction of sp³-hybridized carbons (Fsp3) is 0.593. The molecular formula is C27H36N2O4S. The third-order valence-electron chi connectivity index (χ3n) is 6.53. The predicted octanol–water partition coefficient (Wildman–Crippen LogP) is 5.18. The van der Waals surface area contributed by atoms with E-state index in [-0.39, 0.29) is 33.9 Å². The largest absolute Gasteiger partial charge is 0.477 e. The van der Waals surface area contributed by atoms with Gasteiger partial charge in [0, 0.05) is 24.9 Å². The minimum Gasteiger partial charge on any atom is -0.477 e. The number of hydrogen-bond acceptors (Lipinski definition) is 4. The molecule has 3 atom stereocenters. The van der Waals surface area contributed by atoms with Gasteiger partial charge in [-0.25, -0.2) is 4.79 Å². The van der Waals surface area contributed by atoms with E-state index >= 15 is 0 Å². The van der Waals surface area contributed by atoms with E-state index in [1.807, 2.05) is 20.8 Å². The molecule has 3 rings (SSSR count). The Morgan fingerprint density at radius 2 is 1.97 bits per heavy atom. The van der Waals surface area contributed by atoms with E-state index in [0.717, 1.165) is 30.6 Å². The molecular weight excluding hydrogens is 448 g/mol. The molecule has 7 heteroatoms. The topological polar surface area (TPSA) is 77.9 Å². The number of carboxylic acid groups (broad SMARTS) is 1. The van der Waals surface area contributed by atoms with E-state index < -0.39 is 12.0 Å². The summed E-state index contributed by atoms with van der Waals surface area (Å²) in [6, 6.07) is 0.979. The van der Waals surface area contributed by atoms with Crippen LogP contribution in [0.3, 0.4) is 0 Å². The monoisotopic (exact) mass is 484 g/mol. The molecule has 1 aromatic heterocycles. The van der Waals surface area contributed by atoms with Crippen LogP contribution in [-0.2, 0) is 9.59 Å². The standard InChI is InChI=1S/C27H36N2O4S/c1-17-10-11-20(18(2)15-17)24(30)29(21-9-7-8-14-28(6)25(21)31)22-16-19(12-13-27(3,4)5)34-23(22)26(32)33/h10,16,18,20-21H,7-9,11,14-15H2,1-6H3,(H,32,33)/t18-,20-,21-/m0/s1.